The number of halogens is 2. The van der Waals surface area contributed by atoms with E-state index in [1.807, 2.05) is 0 Å². The summed E-state index contributed by atoms with van der Waals surface area (Å²) in [6.07, 6.45) is 5.01. The zero-order chi connectivity index (χ0) is 23.1. The van der Waals surface area contributed by atoms with Gasteiger partial charge in [0.15, 0.2) is 5.16 Å². The molecule has 2 aromatic carbocycles. The van der Waals surface area contributed by atoms with Crippen LogP contribution in [0.1, 0.15) is 32.6 Å². The Morgan fingerprint density at radius 2 is 2.03 bits per heavy atom. The molecule has 0 radical (unpaired) electrons. The fourth-order valence-corrected chi connectivity index (χ4v) is 6.34. The van der Waals surface area contributed by atoms with E-state index < -0.39 is 17.2 Å². The first-order valence-electron chi connectivity index (χ1n) is 11.3. The molecular weight excluding hydrogens is 444 g/mol. The molecule has 4 unspecified atom stereocenters. The minimum Gasteiger partial charge on any atom is -0.353 e. The lowest BCUT2D eigenvalue weighted by atomic mass is 9.84. The van der Waals surface area contributed by atoms with Gasteiger partial charge in [-0.2, -0.15) is 0 Å². The minimum absolute atomic E-state index is 0.0404. The highest BCUT2D eigenvalue weighted by atomic mass is 32.2. The van der Waals surface area contributed by atoms with Crippen molar-refractivity contribution in [3.8, 4) is 5.69 Å². The smallest absolute Gasteiger partial charge is 0.266 e. The molecule has 0 spiro atoms. The van der Waals surface area contributed by atoms with Crippen LogP contribution in [-0.4, -0.2) is 27.3 Å². The largest absolute Gasteiger partial charge is 0.353 e. The lowest BCUT2D eigenvalue weighted by Gasteiger charge is -2.28. The van der Waals surface area contributed by atoms with Gasteiger partial charge in [-0.15, -0.1) is 0 Å². The van der Waals surface area contributed by atoms with Crippen molar-refractivity contribution in [2.75, 3.05) is 5.75 Å². The van der Waals surface area contributed by atoms with Gasteiger partial charge in [0.1, 0.15) is 11.6 Å². The molecule has 2 aliphatic carbocycles. The third-order valence-corrected chi connectivity index (χ3v) is 7.99. The number of aromatic nitrogens is 2. The Kier molecular flexibility index (Phi) is 5.95. The normalized spacial score (nSPS) is 22.6. The Bertz CT molecular complexity index is 1280. The number of nitrogens with zero attached hydrogens (tertiary/aromatic N) is 2. The van der Waals surface area contributed by atoms with Crippen LogP contribution in [0, 0.1) is 29.4 Å². The Labute approximate surface area is 194 Å². The number of carbonyl (C=O) groups is 1. The van der Waals surface area contributed by atoms with Gasteiger partial charge in [0.05, 0.1) is 22.3 Å². The molecule has 3 aromatic rings. The Morgan fingerprint density at radius 1 is 1.21 bits per heavy atom. The number of benzene rings is 2. The number of fused-ring (bicyclic) bond motifs is 3. The van der Waals surface area contributed by atoms with E-state index in [4.69, 9.17) is 0 Å². The number of rotatable bonds is 6. The first kappa shape index (κ1) is 22.1. The molecule has 5 nitrogen and oxygen atoms in total. The fraction of sp³-hybridized carbons (Fsp3) is 0.400. The maximum atomic E-state index is 14.6. The summed E-state index contributed by atoms with van der Waals surface area (Å²) in [5.41, 5.74) is -0.109. The minimum atomic E-state index is -0.870. The molecule has 0 saturated heterocycles. The zero-order valence-corrected chi connectivity index (χ0v) is 19.1. The SMILES string of the molecule is CC(NC(=O)CSc1nc2ccccc2c(=O)n1-c1ccc(F)cc1F)C1CC2CCC1C2. The Morgan fingerprint density at radius 3 is 2.76 bits per heavy atom. The second kappa shape index (κ2) is 8.89. The molecule has 172 valence electrons. The predicted octanol–water partition coefficient (Wildman–Crippen LogP) is 4.70. The van der Waals surface area contributed by atoms with Crippen molar-refractivity contribution in [1.82, 2.24) is 14.9 Å². The highest BCUT2D eigenvalue weighted by Crippen LogP contribution is 2.49. The van der Waals surface area contributed by atoms with Crippen molar-refractivity contribution in [2.45, 2.75) is 43.8 Å². The average molecular weight is 470 g/mol. The molecule has 1 aromatic heterocycles. The third-order valence-electron chi connectivity index (χ3n) is 7.05. The number of nitrogens with one attached hydrogen (secondary N) is 1. The Hall–Kier alpha value is -2.74. The number of amides is 1. The monoisotopic (exact) mass is 469 g/mol. The van der Waals surface area contributed by atoms with Gasteiger partial charge in [0.25, 0.3) is 5.56 Å². The van der Waals surface area contributed by atoms with Gasteiger partial charge < -0.3 is 5.32 Å². The van der Waals surface area contributed by atoms with Crippen LogP contribution in [0.2, 0.25) is 0 Å². The van der Waals surface area contributed by atoms with Crippen LogP contribution in [0.3, 0.4) is 0 Å². The summed E-state index contributed by atoms with van der Waals surface area (Å²) >= 11 is 1.07. The number of hydrogen-bond donors (Lipinski definition) is 1. The number of hydrogen-bond acceptors (Lipinski definition) is 4. The van der Waals surface area contributed by atoms with E-state index in [-0.39, 0.29) is 28.5 Å². The summed E-state index contributed by atoms with van der Waals surface area (Å²) in [4.78, 5) is 30.5. The van der Waals surface area contributed by atoms with E-state index in [0.717, 1.165) is 34.4 Å². The van der Waals surface area contributed by atoms with Gasteiger partial charge in [-0.05, 0) is 68.2 Å². The summed E-state index contributed by atoms with van der Waals surface area (Å²) in [6, 6.07) is 9.90. The van der Waals surface area contributed by atoms with E-state index in [0.29, 0.717) is 22.7 Å². The standard InChI is InChI=1S/C25H25F2N3O2S/c1-14(19-11-15-6-7-16(19)10-15)28-23(31)13-33-25-29-21-5-3-2-4-18(21)24(32)30(25)22-9-8-17(26)12-20(22)27/h2-5,8-9,12,14-16,19H,6-7,10-11,13H2,1H3,(H,28,31). The molecule has 2 saturated carbocycles. The topological polar surface area (TPSA) is 64.0 Å². The summed E-state index contributed by atoms with van der Waals surface area (Å²) in [5.74, 6) is 0.305. The number of para-hydroxylation sites is 1. The molecular formula is C25H25F2N3O2S. The van der Waals surface area contributed by atoms with Gasteiger partial charge in [-0.25, -0.2) is 13.8 Å². The van der Waals surface area contributed by atoms with E-state index in [1.54, 1.807) is 24.3 Å². The maximum Gasteiger partial charge on any atom is 0.266 e. The van der Waals surface area contributed by atoms with Gasteiger partial charge in [-0.3, -0.25) is 14.2 Å². The predicted molar refractivity (Wildman–Crippen MR) is 125 cm³/mol. The summed E-state index contributed by atoms with van der Waals surface area (Å²) < 4.78 is 29.2. The quantitative estimate of drug-likeness (QED) is 0.420. The molecule has 8 heteroatoms. The second-order valence-corrected chi connectivity index (χ2v) is 10.1. The molecule has 5 rings (SSSR count). The first-order valence-corrected chi connectivity index (χ1v) is 12.3. The molecule has 2 bridgehead atoms. The molecule has 4 atom stereocenters. The summed E-state index contributed by atoms with van der Waals surface area (Å²) in [7, 11) is 0. The van der Waals surface area contributed by atoms with E-state index >= 15 is 0 Å². The highest BCUT2D eigenvalue weighted by molar-refractivity contribution is 7.99. The van der Waals surface area contributed by atoms with Gasteiger partial charge >= 0.3 is 0 Å². The van der Waals surface area contributed by atoms with E-state index in [1.165, 1.54) is 31.7 Å². The van der Waals surface area contributed by atoms with E-state index in [9.17, 15) is 18.4 Å². The molecule has 0 aliphatic heterocycles. The molecule has 1 N–H and O–H groups in total. The third kappa shape index (κ3) is 4.28. The van der Waals surface area contributed by atoms with Crippen LogP contribution in [0.25, 0.3) is 16.6 Å². The molecule has 1 heterocycles. The molecule has 33 heavy (non-hydrogen) atoms. The Balaban J connectivity index is 1.40. The van der Waals surface area contributed by atoms with Crippen LogP contribution in [0.5, 0.6) is 0 Å². The lowest BCUT2D eigenvalue weighted by Crippen LogP contribution is -2.41. The van der Waals surface area contributed by atoms with Crippen molar-refractivity contribution < 1.29 is 13.6 Å². The zero-order valence-electron chi connectivity index (χ0n) is 18.3. The van der Waals surface area contributed by atoms with Crippen molar-refractivity contribution in [2.24, 2.45) is 17.8 Å². The van der Waals surface area contributed by atoms with Crippen molar-refractivity contribution in [3.63, 3.8) is 0 Å². The summed E-state index contributed by atoms with van der Waals surface area (Å²) in [6.45, 7) is 2.06. The van der Waals surface area contributed by atoms with E-state index in [2.05, 4.69) is 17.2 Å². The second-order valence-electron chi connectivity index (χ2n) is 9.13. The van der Waals surface area contributed by atoms with Crippen LogP contribution in [-0.2, 0) is 4.79 Å². The molecule has 2 fully saturated rings. The molecule has 1 amide bonds. The fourth-order valence-electron chi connectivity index (χ4n) is 5.52. The molecule has 2 aliphatic rings. The van der Waals surface area contributed by atoms with Crippen molar-refractivity contribution >= 4 is 28.6 Å². The van der Waals surface area contributed by atoms with Gasteiger partial charge in [0.2, 0.25) is 5.91 Å². The average Bonchev–Trinajstić information content (AvgIpc) is 3.43. The number of carbonyl (C=O) groups excluding carboxylic acids is 1. The van der Waals surface area contributed by atoms with Crippen LogP contribution >= 0.6 is 11.8 Å². The number of thioether (sulfide) groups is 1. The van der Waals surface area contributed by atoms with Crippen LogP contribution in [0.15, 0.2) is 52.4 Å². The highest BCUT2D eigenvalue weighted by Gasteiger charge is 2.42. The van der Waals surface area contributed by atoms with Gasteiger partial charge in [-0.1, -0.05) is 30.3 Å². The van der Waals surface area contributed by atoms with Crippen LogP contribution in [0.4, 0.5) is 8.78 Å². The van der Waals surface area contributed by atoms with Crippen molar-refractivity contribution in [1.29, 1.82) is 0 Å². The van der Waals surface area contributed by atoms with Crippen LogP contribution < -0.4 is 10.9 Å². The summed E-state index contributed by atoms with van der Waals surface area (Å²) in [5, 5.41) is 3.61. The van der Waals surface area contributed by atoms with Crippen molar-refractivity contribution in [3.05, 3.63) is 64.5 Å². The lowest BCUT2D eigenvalue weighted by molar-refractivity contribution is -0.119. The van der Waals surface area contributed by atoms with Gasteiger partial charge in [0, 0.05) is 12.1 Å². The first-order chi connectivity index (χ1) is 15.9. The maximum absolute atomic E-state index is 14.6.